The summed E-state index contributed by atoms with van der Waals surface area (Å²) in [6, 6.07) is 111. The zero-order valence-electron chi connectivity index (χ0n) is 61.0. The van der Waals surface area contributed by atoms with Crippen molar-refractivity contribution in [1.29, 1.82) is 0 Å². The van der Waals surface area contributed by atoms with Gasteiger partial charge in [0.05, 0.1) is 42.0 Å². The number of hydrogen-bond acceptors (Lipinski definition) is 14. The fourth-order valence-electron chi connectivity index (χ4n) is 10.1. The normalized spacial score (nSPS) is 10.2. The van der Waals surface area contributed by atoms with Gasteiger partial charge in [-0.05, 0) is 238 Å². The molecule has 0 atom stereocenters. The van der Waals surface area contributed by atoms with Gasteiger partial charge in [0.2, 0.25) is 0 Å². The van der Waals surface area contributed by atoms with Gasteiger partial charge in [-0.25, -0.2) is 24.0 Å². The van der Waals surface area contributed by atoms with Crippen molar-refractivity contribution in [2.45, 2.75) is 57.3 Å². The van der Waals surface area contributed by atoms with Gasteiger partial charge in [-0.2, -0.15) is 0 Å². The fourth-order valence-corrected chi connectivity index (χ4v) is 15.4. The van der Waals surface area contributed by atoms with Crippen molar-refractivity contribution < 1.29 is 58.2 Å². The third-order valence-corrected chi connectivity index (χ3v) is 23.1. The van der Waals surface area contributed by atoms with Crippen molar-refractivity contribution in [1.82, 2.24) is 0 Å². The molecule has 574 valence electrons. The predicted octanol–water partition coefficient (Wildman–Crippen LogP) is 27.1. The molecular weight excluding hydrogens is 1840 g/mol. The molecule has 0 aromatic heterocycles. The predicted molar refractivity (Wildman–Crippen MR) is 480 cm³/mol. The van der Waals surface area contributed by atoms with Gasteiger partial charge in [0.1, 0.15) is 24.7 Å². The molecular formula is C93H72Br3IO12S5. The van der Waals surface area contributed by atoms with E-state index in [4.69, 9.17) is 29.2 Å². The van der Waals surface area contributed by atoms with Gasteiger partial charge in [0.25, 0.3) is 0 Å². The third kappa shape index (κ3) is 29.1. The van der Waals surface area contributed by atoms with Crippen LogP contribution in [0, 0.1) is 3.57 Å². The van der Waals surface area contributed by atoms with Crippen molar-refractivity contribution in [2.75, 3.05) is 14.2 Å². The average molecular weight is 1910 g/mol. The first-order valence-electron chi connectivity index (χ1n) is 34.7. The highest BCUT2D eigenvalue weighted by Crippen LogP contribution is 2.37. The van der Waals surface area contributed by atoms with Gasteiger partial charge in [0.15, 0.2) is 0 Å². The lowest BCUT2D eigenvalue weighted by atomic mass is 10.1. The molecule has 0 heterocycles. The van der Waals surface area contributed by atoms with Gasteiger partial charge in [-0.3, -0.25) is 0 Å². The highest BCUT2D eigenvalue weighted by molar-refractivity contribution is 14.1. The Labute approximate surface area is 724 Å². The first kappa shape index (κ1) is 87.9. The summed E-state index contributed by atoms with van der Waals surface area (Å²) >= 11 is 22.2. The zero-order valence-corrected chi connectivity index (χ0v) is 72.1. The Balaban J connectivity index is 0.000000164. The second-order valence-corrected chi connectivity index (χ2v) is 32.7. The molecule has 0 unspecified atom stereocenters. The number of thiol groups is 1. The number of methoxy groups -OCH3 is 2. The number of halogens is 4. The molecule has 0 fully saturated rings. The minimum absolute atomic E-state index is 0.259. The standard InChI is InChI=1S/C27H22O3S.C20H15BrO2S.C20H16O3S.C13H9BrO2S.C7H5IO2.C6H5BrS/c1-29-23-15-11-21(12-16-23)22-13-17-24(18-14-22)31-26-10-6-5-9-25(26)27(28)30-19-20-7-3-2-4-8-20;21-16-10-12-17(13-11-16)24-19-9-5-4-8-18(19)20(22)23-14-15-6-2-1-3-7-15;1-23-16-10-6-14(7-11-16)15-8-12-17(13-9-15)24-19-5-3-2-4-18(19)20(21)22;14-9-5-7-10(8-6-9)17-12-4-2-1-3-11(12)13(15)16;8-6-4-2-1-3-5(6)7(9)10;7-5-1-3-6(8)4-2-5/h2-18H,19H2,1H3;1-13H,14H2;2-13H,1H3,(H,21,22);1-8H,(H,15,16);1-4H,(H,9,10);1-4,8H. The molecule has 21 heteroatoms. The summed E-state index contributed by atoms with van der Waals surface area (Å²) in [4.78, 5) is 66.2. The van der Waals surface area contributed by atoms with Crippen molar-refractivity contribution in [3.05, 3.63) is 408 Å². The molecule has 114 heavy (non-hydrogen) atoms. The van der Waals surface area contributed by atoms with E-state index < -0.39 is 17.9 Å². The molecule has 14 aromatic rings. The Hall–Kier alpha value is -10.1. The van der Waals surface area contributed by atoms with Crippen LogP contribution in [-0.2, 0) is 22.7 Å². The van der Waals surface area contributed by atoms with Gasteiger partial charge >= 0.3 is 29.8 Å². The zero-order chi connectivity index (χ0) is 81.0. The van der Waals surface area contributed by atoms with E-state index in [1.165, 1.54) is 23.5 Å². The minimum atomic E-state index is -0.909. The summed E-state index contributed by atoms with van der Waals surface area (Å²) in [6.07, 6.45) is 0. The molecule has 0 aliphatic heterocycles. The molecule has 14 aromatic carbocycles. The molecule has 3 N–H and O–H groups in total. The number of carbonyl (C=O) groups is 5. The molecule has 0 aliphatic rings. The number of carboxylic acid groups (broad SMARTS) is 3. The fraction of sp³-hybridized carbons (Fsp3) is 0.0430. The lowest BCUT2D eigenvalue weighted by Crippen LogP contribution is -2.06. The molecule has 0 amide bonds. The second kappa shape index (κ2) is 47.0. The van der Waals surface area contributed by atoms with Crippen LogP contribution in [0.2, 0.25) is 0 Å². The maximum Gasteiger partial charge on any atom is 0.339 e. The number of ether oxygens (including phenoxy) is 4. The van der Waals surface area contributed by atoms with E-state index in [9.17, 15) is 29.1 Å². The summed E-state index contributed by atoms with van der Waals surface area (Å²) in [5.41, 5.74) is 8.59. The van der Waals surface area contributed by atoms with Crippen molar-refractivity contribution in [3.8, 4) is 33.8 Å². The third-order valence-electron chi connectivity index (χ3n) is 15.9. The van der Waals surface area contributed by atoms with Crippen LogP contribution in [0.4, 0.5) is 0 Å². The maximum atomic E-state index is 12.7. The number of hydrogen-bond donors (Lipinski definition) is 4. The number of carbonyl (C=O) groups excluding carboxylic acids is 2. The van der Waals surface area contributed by atoms with Gasteiger partial charge < -0.3 is 34.3 Å². The molecule has 0 radical (unpaired) electrons. The molecule has 14 rings (SSSR count). The first-order chi connectivity index (χ1) is 55.3. The van der Waals surface area contributed by atoms with Gasteiger partial charge in [-0.1, -0.05) is 265 Å². The Morgan fingerprint density at radius 2 is 0.553 bits per heavy atom. The van der Waals surface area contributed by atoms with Crippen molar-refractivity contribution >= 4 is 160 Å². The summed E-state index contributed by atoms with van der Waals surface area (Å²) in [6.45, 7) is 0.534. The van der Waals surface area contributed by atoms with Crippen LogP contribution in [0.1, 0.15) is 62.9 Å². The van der Waals surface area contributed by atoms with Crippen LogP contribution >= 0.6 is 130 Å². The highest BCUT2D eigenvalue weighted by Gasteiger charge is 2.17. The van der Waals surface area contributed by atoms with Crippen LogP contribution in [0.15, 0.2) is 409 Å². The van der Waals surface area contributed by atoms with E-state index in [0.29, 0.717) is 27.8 Å². The number of carboxylic acids is 3. The molecule has 0 spiro atoms. The molecule has 0 saturated heterocycles. The topological polar surface area (TPSA) is 183 Å². The summed E-state index contributed by atoms with van der Waals surface area (Å²) in [5.74, 6) is -1.63. The van der Waals surface area contributed by atoms with Crippen molar-refractivity contribution in [2.24, 2.45) is 0 Å². The second-order valence-electron chi connectivity index (χ2n) is 23.8. The summed E-state index contributed by atoms with van der Waals surface area (Å²) in [5, 5.41) is 26.9. The Kier molecular flexibility index (Phi) is 36.2. The van der Waals surface area contributed by atoms with E-state index in [-0.39, 0.29) is 25.2 Å². The number of aromatic carboxylic acids is 3. The van der Waals surface area contributed by atoms with Crippen LogP contribution < -0.4 is 9.47 Å². The van der Waals surface area contributed by atoms with Crippen LogP contribution in [0.5, 0.6) is 11.5 Å². The van der Waals surface area contributed by atoms with Crippen molar-refractivity contribution in [3.63, 3.8) is 0 Å². The largest absolute Gasteiger partial charge is 0.497 e. The first-order valence-corrected chi connectivity index (χ1v) is 41.9. The van der Waals surface area contributed by atoms with E-state index in [0.717, 1.165) is 106 Å². The van der Waals surface area contributed by atoms with E-state index in [1.54, 1.807) is 92.3 Å². The van der Waals surface area contributed by atoms with Crippen LogP contribution in [0.3, 0.4) is 0 Å². The molecule has 0 aliphatic carbocycles. The summed E-state index contributed by atoms with van der Waals surface area (Å²) in [7, 11) is 3.31. The average Bonchev–Trinajstić information content (AvgIpc) is 0.844. The smallest absolute Gasteiger partial charge is 0.339 e. The highest BCUT2D eigenvalue weighted by atomic mass is 127. The minimum Gasteiger partial charge on any atom is -0.497 e. The van der Waals surface area contributed by atoms with Gasteiger partial charge in [0, 0.05) is 61.0 Å². The van der Waals surface area contributed by atoms with E-state index in [2.05, 4.69) is 84.7 Å². The quantitative estimate of drug-likeness (QED) is 0.0302. The SMILES string of the molecule is COc1ccc(-c2ccc(Sc3ccccc3C(=O)O)cc2)cc1.COc1ccc(-c2ccc(Sc3ccccc3C(=O)OCc3ccccc3)cc2)cc1.O=C(O)c1ccccc1I.O=C(O)c1ccccc1Sc1ccc(Br)cc1.O=C(OCc1ccccc1)c1ccccc1Sc1ccc(Br)cc1.Sc1ccc(Br)cc1. The molecule has 12 nitrogen and oxygen atoms in total. The number of esters is 2. The van der Waals surface area contributed by atoms with Gasteiger partial charge in [-0.15, -0.1) is 12.6 Å². The van der Waals surface area contributed by atoms with Crippen LogP contribution in [-0.4, -0.2) is 59.4 Å². The van der Waals surface area contributed by atoms with E-state index in [1.807, 2.05) is 296 Å². The molecule has 0 bridgehead atoms. The van der Waals surface area contributed by atoms with Crippen LogP contribution in [0.25, 0.3) is 22.3 Å². The number of rotatable bonds is 21. The Morgan fingerprint density at radius 3 is 0.833 bits per heavy atom. The Bertz CT molecular complexity index is 5390. The monoisotopic (exact) mass is 1900 g/mol. The Morgan fingerprint density at radius 1 is 0.307 bits per heavy atom. The number of benzene rings is 14. The summed E-state index contributed by atoms with van der Waals surface area (Å²) < 4.78 is 25.3. The lowest BCUT2D eigenvalue weighted by Gasteiger charge is -2.10. The van der Waals surface area contributed by atoms with E-state index >= 15 is 0 Å². The lowest BCUT2D eigenvalue weighted by molar-refractivity contribution is 0.0460. The maximum absolute atomic E-state index is 12.7. The molecule has 0 saturated carbocycles.